The van der Waals surface area contributed by atoms with Crippen LogP contribution in [0.25, 0.3) is 0 Å². The van der Waals surface area contributed by atoms with E-state index in [4.69, 9.17) is 5.11 Å². The van der Waals surface area contributed by atoms with Crippen LogP contribution in [0.3, 0.4) is 0 Å². The smallest absolute Gasteiger partial charge is 0.305 e. The molecule has 0 aromatic rings. The number of nitrogens with zero attached hydrogens (tertiary/aromatic N) is 1. The maximum atomic E-state index is 11.9. The molecule has 0 rings (SSSR count). The van der Waals surface area contributed by atoms with Crippen LogP contribution in [0.15, 0.2) is 0 Å². The molecule has 0 fully saturated rings. The van der Waals surface area contributed by atoms with E-state index in [1.54, 1.807) is 0 Å². The fourth-order valence-corrected chi connectivity index (χ4v) is 1.76. The topological polar surface area (TPSA) is 98.7 Å². The Morgan fingerprint density at radius 1 is 1.10 bits per heavy atom. The fourth-order valence-electron chi connectivity index (χ4n) is 1.76. The first-order valence-electron chi connectivity index (χ1n) is 6.75. The summed E-state index contributed by atoms with van der Waals surface area (Å²) >= 11 is 0. The Kier molecular flexibility index (Phi) is 9.36. The lowest BCUT2D eigenvalue weighted by Gasteiger charge is -2.23. The molecule has 7 nitrogen and oxygen atoms in total. The predicted octanol–water partition coefficient (Wildman–Crippen LogP) is -0.186. The largest absolute Gasteiger partial charge is 0.481 e. The second kappa shape index (κ2) is 10.2. The molecule has 0 aliphatic rings. The highest BCUT2D eigenvalue weighted by Crippen LogP contribution is 2.06. The summed E-state index contributed by atoms with van der Waals surface area (Å²) in [6.45, 7) is 2.22. The normalized spacial score (nSPS) is 12.0. The van der Waals surface area contributed by atoms with Crippen molar-refractivity contribution in [2.24, 2.45) is 0 Å². The summed E-state index contributed by atoms with van der Waals surface area (Å²) < 4.78 is 0. The molecule has 0 aliphatic heterocycles. The Morgan fingerprint density at radius 3 is 2.25 bits per heavy atom. The number of nitrogens with one attached hydrogen (secondary N) is 2. The van der Waals surface area contributed by atoms with Crippen molar-refractivity contribution in [1.29, 1.82) is 0 Å². The lowest BCUT2D eigenvalue weighted by molar-refractivity contribution is -0.137. The fraction of sp³-hybridized carbons (Fsp3) is 0.769. The van der Waals surface area contributed by atoms with Gasteiger partial charge in [0.15, 0.2) is 0 Å². The van der Waals surface area contributed by atoms with Gasteiger partial charge >= 0.3 is 5.97 Å². The van der Waals surface area contributed by atoms with Gasteiger partial charge in [0, 0.05) is 20.0 Å². The van der Waals surface area contributed by atoms with Crippen LogP contribution >= 0.6 is 0 Å². The minimum atomic E-state index is -0.929. The first-order chi connectivity index (χ1) is 9.34. The third-order valence-corrected chi connectivity index (χ3v) is 2.84. The molecule has 0 saturated carbocycles. The molecule has 0 saturated heterocycles. The van der Waals surface area contributed by atoms with Gasteiger partial charge in [-0.25, -0.2) is 0 Å². The third kappa shape index (κ3) is 9.32. The molecule has 7 heteroatoms. The van der Waals surface area contributed by atoms with Gasteiger partial charge in [-0.3, -0.25) is 19.3 Å². The Bertz CT molecular complexity index is 332. The minimum Gasteiger partial charge on any atom is -0.481 e. The maximum Gasteiger partial charge on any atom is 0.305 e. The molecule has 0 aromatic carbocycles. The van der Waals surface area contributed by atoms with Gasteiger partial charge < -0.3 is 15.7 Å². The number of likely N-dealkylation sites (N-methyl/N-ethyl adjacent to an activating group) is 1. The minimum absolute atomic E-state index is 0.0550. The van der Waals surface area contributed by atoms with Crippen molar-refractivity contribution >= 4 is 17.8 Å². The van der Waals surface area contributed by atoms with Crippen molar-refractivity contribution in [3.05, 3.63) is 0 Å². The number of rotatable bonds is 10. The van der Waals surface area contributed by atoms with Crippen LogP contribution in [0.5, 0.6) is 0 Å². The molecule has 0 heterocycles. The SMILES string of the molecule is C[13C](=O)[15NH][13CH2][13CH2][13CH2]CC(C(=O)NCCC(=O)O)N(C)C. The molecule has 0 bridgehead atoms. The van der Waals surface area contributed by atoms with Crippen LogP contribution in [0.2, 0.25) is 0 Å². The highest BCUT2D eigenvalue weighted by molar-refractivity contribution is 5.82. The van der Waals surface area contributed by atoms with E-state index in [9.17, 15) is 14.4 Å². The summed E-state index contributed by atoms with van der Waals surface area (Å²) in [5, 5.41) is 13.9. The predicted molar refractivity (Wildman–Crippen MR) is 75.3 cm³/mol. The van der Waals surface area contributed by atoms with Gasteiger partial charge in [0.05, 0.1) is 12.5 Å². The number of carbonyl (C=O) groups is 3. The van der Waals surface area contributed by atoms with Crippen molar-refractivity contribution in [3.8, 4) is 0 Å². The zero-order chi connectivity index (χ0) is 15.5. The molecular weight excluding hydrogens is 267 g/mol. The molecule has 0 spiro atoms. The van der Waals surface area contributed by atoms with Gasteiger partial charge in [0.1, 0.15) is 0 Å². The van der Waals surface area contributed by atoms with E-state index in [2.05, 4.69) is 10.6 Å². The average molecular weight is 292 g/mol. The van der Waals surface area contributed by atoms with Crippen molar-refractivity contribution in [2.75, 3.05) is 27.2 Å². The van der Waals surface area contributed by atoms with Gasteiger partial charge in [0.25, 0.3) is 0 Å². The molecule has 20 heavy (non-hydrogen) atoms. The number of aliphatic carboxylic acids is 1. The van der Waals surface area contributed by atoms with E-state index in [0.29, 0.717) is 13.0 Å². The Balaban J connectivity index is 3.99. The Labute approximate surface area is 119 Å². The quantitative estimate of drug-likeness (QED) is 0.294. The van der Waals surface area contributed by atoms with Crippen molar-refractivity contribution in [3.63, 3.8) is 0 Å². The average Bonchev–Trinajstić information content (AvgIpc) is 2.32. The van der Waals surface area contributed by atoms with Crippen molar-refractivity contribution < 1.29 is 19.5 Å². The Hall–Kier alpha value is -1.63. The molecule has 0 radical (unpaired) electrons. The molecule has 1 atom stereocenters. The third-order valence-electron chi connectivity index (χ3n) is 2.84. The van der Waals surface area contributed by atoms with E-state index in [0.717, 1.165) is 12.8 Å². The number of carbonyl (C=O) groups excluding carboxylic acids is 2. The number of carboxylic acid groups (broad SMARTS) is 1. The molecule has 0 aliphatic carbocycles. The molecule has 1 unspecified atom stereocenters. The maximum absolute atomic E-state index is 11.9. The summed E-state index contributed by atoms with van der Waals surface area (Å²) in [7, 11) is 3.63. The summed E-state index contributed by atoms with van der Waals surface area (Å²) in [5.41, 5.74) is 0. The van der Waals surface area contributed by atoms with Crippen LogP contribution in [-0.4, -0.2) is 61.0 Å². The lowest BCUT2D eigenvalue weighted by atomic mass is 10.2. The summed E-state index contributed by atoms with van der Waals surface area (Å²) in [6, 6.07) is -0.277. The second-order valence-corrected chi connectivity index (χ2v) is 4.89. The summed E-state index contributed by atoms with van der Waals surface area (Å²) in [4.78, 5) is 34.8. The van der Waals surface area contributed by atoms with E-state index < -0.39 is 5.97 Å². The van der Waals surface area contributed by atoms with Crippen LogP contribution < -0.4 is 10.6 Å². The standard InChI is InChI=1S/C13H25N3O4/c1-10(17)14-8-5-4-6-11(16(2)3)13(20)15-9-7-12(18)19/h11H,4-9H2,1-3H3,(H,14,17)(H,15,20)(H,18,19)/i4+1,5+1,8+1,10+1,14+1. The van der Waals surface area contributed by atoms with Crippen molar-refractivity contribution in [1.82, 2.24) is 15.5 Å². The highest BCUT2D eigenvalue weighted by Gasteiger charge is 2.19. The molecule has 116 valence electrons. The lowest BCUT2D eigenvalue weighted by Crippen LogP contribution is -2.44. The molecule has 0 aromatic heterocycles. The number of carboxylic acids is 1. The van der Waals surface area contributed by atoms with Gasteiger partial charge in [-0.1, -0.05) is 0 Å². The second-order valence-electron chi connectivity index (χ2n) is 4.89. The summed E-state index contributed by atoms with van der Waals surface area (Å²) in [6.07, 6.45) is 2.22. The number of hydrogen-bond donors (Lipinski definition) is 3. The monoisotopic (exact) mass is 292 g/mol. The number of hydrogen-bond acceptors (Lipinski definition) is 4. The van der Waals surface area contributed by atoms with Gasteiger partial charge in [-0.15, -0.1) is 0 Å². The van der Waals surface area contributed by atoms with Crippen LogP contribution in [0, 0.1) is 0 Å². The van der Waals surface area contributed by atoms with Gasteiger partial charge in [0.2, 0.25) is 11.8 Å². The first-order valence-corrected chi connectivity index (χ1v) is 6.75. The van der Waals surface area contributed by atoms with E-state index in [1.165, 1.54) is 6.92 Å². The molecule has 2 amide bonds. The number of unbranched alkanes of at least 4 members (excludes halogenated alkanes) is 1. The zero-order valence-electron chi connectivity index (χ0n) is 12.4. The van der Waals surface area contributed by atoms with Gasteiger partial charge in [-0.2, -0.15) is 0 Å². The molecule has 3 N–H and O–H groups in total. The van der Waals surface area contributed by atoms with Gasteiger partial charge in [-0.05, 0) is 33.4 Å². The first kappa shape index (κ1) is 18.4. The summed E-state index contributed by atoms with van der Waals surface area (Å²) in [5.74, 6) is -1.14. The van der Waals surface area contributed by atoms with Crippen LogP contribution in [0.4, 0.5) is 0 Å². The van der Waals surface area contributed by atoms with Crippen LogP contribution in [-0.2, 0) is 14.4 Å². The number of amides is 2. The Morgan fingerprint density at radius 2 is 1.75 bits per heavy atom. The van der Waals surface area contributed by atoms with E-state index >= 15 is 0 Å². The van der Waals surface area contributed by atoms with E-state index in [-0.39, 0.29) is 30.8 Å². The van der Waals surface area contributed by atoms with Crippen molar-refractivity contribution in [2.45, 2.75) is 38.6 Å². The molecular formula is C13H25N3O4. The van der Waals surface area contributed by atoms with Crippen LogP contribution in [0.1, 0.15) is 32.6 Å². The van der Waals surface area contributed by atoms with E-state index in [1.807, 2.05) is 19.0 Å². The highest BCUT2D eigenvalue weighted by atomic mass is 16.4. The zero-order valence-corrected chi connectivity index (χ0v) is 12.4.